The van der Waals surface area contributed by atoms with Gasteiger partial charge in [0.15, 0.2) is 0 Å². The van der Waals surface area contributed by atoms with Crippen LogP contribution in [0.1, 0.15) is 5.56 Å². The molecular formula is C14H16N2OS. The van der Waals surface area contributed by atoms with Crippen LogP contribution in [0.5, 0.6) is 5.75 Å². The van der Waals surface area contributed by atoms with Crippen LogP contribution in [-0.4, -0.2) is 17.3 Å². The second-order valence-corrected chi connectivity index (χ2v) is 5.01. The molecule has 4 heteroatoms. The van der Waals surface area contributed by atoms with Gasteiger partial charge in [-0.2, -0.15) is 0 Å². The smallest absolute Gasteiger partial charge is 0.122 e. The van der Waals surface area contributed by atoms with Crippen LogP contribution in [0.3, 0.4) is 0 Å². The van der Waals surface area contributed by atoms with Crippen LogP contribution in [0, 0.1) is 6.92 Å². The van der Waals surface area contributed by atoms with Crippen LogP contribution in [0.25, 0.3) is 0 Å². The summed E-state index contributed by atoms with van der Waals surface area (Å²) in [6.45, 7) is 2.71. The van der Waals surface area contributed by atoms with Gasteiger partial charge in [0.05, 0.1) is 18.5 Å². The molecule has 0 saturated carbocycles. The normalized spacial score (nSPS) is 10.3. The summed E-state index contributed by atoms with van der Waals surface area (Å²) in [6, 6.07) is 9.95. The maximum absolute atomic E-state index is 5.81. The highest BCUT2D eigenvalue weighted by atomic mass is 32.2. The molecule has 0 spiro atoms. The van der Waals surface area contributed by atoms with Crippen molar-refractivity contribution in [1.29, 1.82) is 0 Å². The molecule has 0 unspecified atom stereocenters. The minimum absolute atomic E-state index is 0.664. The van der Waals surface area contributed by atoms with Gasteiger partial charge in [-0.05, 0) is 24.6 Å². The first kappa shape index (κ1) is 12.8. The average Bonchev–Trinajstić information content (AvgIpc) is 2.38. The Labute approximate surface area is 111 Å². The summed E-state index contributed by atoms with van der Waals surface area (Å²) in [4.78, 5) is 5.02. The van der Waals surface area contributed by atoms with E-state index in [1.165, 1.54) is 0 Å². The lowest BCUT2D eigenvalue weighted by molar-refractivity contribution is 0.341. The molecule has 2 rings (SSSR count). The molecule has 3 nitrogen and oxygen atoms in total. The van der Waals surface area contributed by atoms with Gasteiger partial charge in [-0.25, -0.2) is 0 Å². The number of rotatable bonds is 5. The Bertz CT molecular complexity index is 469. The van der Waals surface area contributed by atoms with Gasteiger partial charge >= 0.3 is 0 Å². The monoisotopic (exact) mass is 260 g/mol. The number of hydrogen-bond acceptors (Lipinski definition) is 4. The van der Waals surface area contributed by atoms with Gasteiger partial charge in [-0.3, -0.25) is 4.98 Å². The first-order chi connectivity index (χ1) is 8.77. The second kappa shape index (κ2) is 6.31. The molecule has 94 valence electrons. The highest BCUT2D eigenvalue weighted by Gasteiger charge is 2.00. The number of nitrogens with two attached hydrogens (primary N) is 1. The number of benzene rings is 1. The Morgan fingerprint density at radius 3 is 2.89 bits per heavy atom. The van der Waals surface area contributed by atoms with Crippen molar-refractivity contribution in [1.82, 2.24) is 4.98 Å². The first-order valence-corrected chi connectivity index (χ1v) is 6.76. The minimum atomic E-state index is 0.664. The molecule has 1 aromatic heterocycles. The third kappa shape index (κ3) is 3.40. The van der Waals surface area contributed by atoms with Gasteiger partial charge in [-0.15, -0.1) is 11.8 Å². The van der Waals surface area contributed by atoms with Gasteiger partial charge in [0.25, 0.3) is 0 Å². The van der Waals surface area contributed by atoms with E-state index in [9.17, 15) is 0 Å². The molecule has 18 heavy (non-hydrogen) atoms. The Hall–Kier alpha value is -1.68. The molecule has 2 N–H and O–H groups in total. The molecule has 2 aromatic rings. The van der Waals surface area contributed by atoms with Crippen LogP contribution in [0.2, 0.25) is 0 Å². The van der Waals surface area contributed by atoms with E-state index in [4.69, 9.17) is 10.5 Å². The van der Waals surface area contributed by atoms with Crippen molar-refractivity contribution in [2.45, 2.75) is 11.8 Å². The van der Waals surface area contributed by atoms with Gasteiger partial charge in [0, 0.05) is 16.8 Å². The number of ether oxygens (including phenoxy) is 1. The molecule has 0 saturated heterocycles. The van der Waals surface area contributed by atoms with Gasteiger partial charge < -0.3 is 10.5 Å². The number of aromatic nitrogens is 1. The molecule has 0 atom stereocenters. The fraction of sp³-hybridized carbons (Fsp3) is 0.214. The van der Waals surface area contributed by atoms with E-state index in [-0.39, 0.29) is 0 Å². The Morgan fingerprint density at radius 2 is 2.11 bits per heavy atom. The molecule has 0 aliphatic carbocycles. The lowest BCUT2D eigenvalue weighted by atomic mass is 10.2. The molecule has 1 heterocycles. The number of nitrogen functional groups attached to an aromatic ring is 1. The zero-order valence-corrected chi connectivity index (χ0v) is 11.1. The van der Waals surface area contributed by atoms with Gasteiger partial charge in [0.1, 0.15) is 5.75 Å². The van der Waals surface area contributed by atoms with Crippen LogP contribution in [0.4, 0.5) is 5.69 Å². The van der Waals surface area contributed by atoms with Crippen molar-refractivity contribution >= 4 is 17.4 Å². The molecule has 0 fully saturated rings. The summed E-state index contributed by atoms with van der Waals surface area (Å²) in [5.41, 5.74) is 7.69. The fourth-order valence-electron chi connectivity index (χ4n) is 1.55. The summed E-state index contributed by atoms with van der Waals surface area (Å²) in [5, 5.41) is 0. The van der Waals surface area contributed by atoms with E-state index in [2.05, 4.69) is 4.98 Å². The van der Waals surface area contributed by atoms with Crippen LogP contribution >= 0.6 is 11.8 Å². The van der Waals surface area contributed by atoms with Crippen molar-refractivity contribution in [3.05, 3.63) is 48.3 Å². The topological polar surface area (TPSA) is 48.1 Å². The highest BCUT2D eigenvalue weighted by molar-refractivity contribution is 7.99. The first-order valence-electron chi connectivity index (χ1n) is 5.78. The zero-order valence-electron chi connectivity index (χ0n) is 10.3. The number of anilines is 1. The van der Waals surface area contributed by atoms with Gasteiger partial charge in [-0.1, -0.05) is 18.2 Å². The van der Waals surface area contributed by atoms with Crippen molar-refractivity contribution < 1.29 is 4.74 Å². The van der Waals surface area contributed by atoms with Crippen LogP contribution in [0.15, 0.2) is 47.6 Å². The molecular weight excluding hydrogens is 244 g/mol. The van der Waals surface area contributed by atoms with Crippen LogP contribution in [-0.2, 0) is 0 Å². The van der Waals surface area contributed by atoms with Crippen molar-refractivity contribution in [2.75, 3.05) is 18.1 Å². The van der Waals surface area contributed by atoms with E-state index in [0.717, 1.165) is 27.6 Å². The predicted molar refractivity (Wildman–Crippen MR) is 76.0 cm³/mol. The number of aryl methyl sites for hydroxylation is 1. The highest BCUT2D eigenvalue weighted by Crippen LogP contribution is 2.23. The number of hydrogen-bond donors (Lipinski definition) is 1. The molecule has 1 aromatic carbocycles. The quantitative estimate of drug-likeness (QED) is 0.662. The van der Waals surface area contributed by atoms with Crippen molar-refractivity contribution in [2.24, 2.45) is 0 Å². The largest absolute Gasteiger partial charge is 0.492 e. The maximum atomic E-state index is 5.81. The van der Waals surface area contributed by atoms with Crippen LogP contribution < -0.4 is 10.5 Å². The van der Waals surface area contributed by atoms with E-state index in [1.807, 2.05) is 37.3 Å². The van der Waals surface area contributed by atoms with E-state index in [0.29, 0.717) is 6.61 Å². The number of para-hydroxylation sites is 1. The third-order valence-corrected chi connectivity index (χ3v) is 3.56. The minimum Gasteiger partial charge on any atom is -0.492 e. The molecule has 0 radical (unpaired) electrons. The third-order valence-electron chi connectivity index (χ3n) is 2.50. The summed E-state index contributed by atoms with van der Waals surface area (Å²) < 4.78 is 5.72. The number of nitrogens with zero attached hydrogens (tertiary/aromatic N) is 1. The number of pyridine rings is 1. The lowest BCUT2D eigenvalue weighted by Gasteiger charge is -2.09. The summed E-state index contributed by atoms with van der Waals surface area (Å²) in [5.74, 6) is 1.81. The predicted octanol–water partition coefficient (Wildman–Crippen LogP) is 3.14. The van der Waals surface area contributed by atoms with Gasteiger partial charge in [0.2, 0.25) is 0 Å². The van der Waals surface area contributed by atoms with Crippen molar-refractivity contribution in [3.8, 4) is 5.75 Å². The average molecular weight is 260 g/mol. The van der Waals surface area contributed by atoms with E-state index in [1.54, 1.807) is 24.2 Å². The molecule has 0 amide bonds. The standard InChI is InChI=1S/C14H16N2OS/c1-11-4-2-3-5-13(11)17-8-9-18-14-6-7-16-10-12(14)15/h2-7,10H,8-9,15H2,1H3. The molecule has 0 bridgehead atoms. The Morgan fingerprint density at radius 1 is 1.28 bits per heavy atom. The van der Waals surface area contributed by atoms with E-state index < -0.39 is 0 Å². The maximum Gasteiger partial charge on any atom is 0.122 e. The summed E-state index contributed by atoms with van der Waals surface area (Å²) in [7, 11) is 0. The summed E-state index contributed by atoms with van der Waals surface area (Å²) >= 11 is 1.68. The van der Waals surface area contributed by atoms with Crippen molar-refractivity contribution in [3.63, 3.8) is 0 Å². The molecule has 0 aliphatic heterocycles. The second-order valence-electron chi connectivity index (χ2n) is 3.88. The zero-order chi connectivity index (χ0) is 12.8. The Balaban J connectivity index is 1.80. The van der Waals surface area contributed by atoms with E-state index >= 15 is 0 Å². The Kier molecular flexibility index (Phi) is 4.47. The SMILES string of the molecule is Cc1ccccc1OCCSc1ccncc1N. The summed E-state index contributed by atoms with van der Waals surface area (Å²) in [6.07, 6.45) is 3.42. The molecule has 0 aliphatic rings. The lowest BCUT2D eigenvalue weighted by Crippen LogP contribution is -2.01. The fourth-order valence-corrected chi connectivity index (χ4v) is 2.31. The number of thioether (sulfide) groups is 1.